The van der Waals surface area contributed by atoms with Gasteiger partial charge in [-0.25, -0.2) is 4.52 Å². The lowest BCUT2D eigenvalue weighted by Crippen LogP contribution is -2.11. The predicted molar refractivity (Wildman–Crippen MR) is 95.0 cm³/mol. The van der Waals surface area contributed by atoms with Crippen molar-refractivity contribution >= 4 is 17.1 Å². The third-order valence-corrected chi connectivity index (χ3v) is 3.91. The van der Waals surface area contributed by atoms with Crippen molar-refractivity contribution in [3.8, 4) is 11.1 Å². The number of benzene rings is 2. The molecule has 0 aliphatic carbocycles. The molecule has 0 saturated heterocycles. The van der Waals surface area contributed by atoms with Gasteiger partial charge in [0.25, 0.3) is 5.91 Å². The molecule has 0 atom stereocenters. The van der Waals surface area contributed by atoms with Crippen LogP contribution in [0.25, 0.3) is 16.6 Å². The minimum absolute atomic E-state index is 0.126. The van der Waals surface area contributed by atoms with Gasteiger partial charge in [0, 0.05) is 23.6 Å². The molecular formula is C20H15N3O. The third-order valence-electron chi connectivity index (χ3n) is 3.91. The van der Waals surface area contributed by atoms with E-state index in [0.29, 0.717) is 5.56 Å². The lowest BCUT2D eigenvalue weighted by atomic mass is 10.0. The summed E-state index contributed by atoms with van der Waals surface area (Å²) in [6.07, 6.45) is 3.55. The molecule has 2 aromatic heterocycles. The SMILES string of the molecule is O=C(Nc1ccn2nccc2c1)c1ccc(-c2ccccc2)cc1. The summed E-state index contributed by atoms with van der Waals surface area (Å²) in [6, 6.07) is 23.3. The molecule has 0 fully saturated rings. The minimum Gasteiger partial charge on any atom is -0.322 e. The molecule has 4 aromatic rings. The van der Waals surface area contributed by atoms with Gasteiger partial charge in [0.1, 0.15) is 0 Å². The highest BCUT2D eigenvalue weighted by Gasteiger charge is 2.07. The largest absolute Gasteiger partial charge is 0.322 e. The number of hydrogen-bond acceptors (Lipinski definition) is 2. The summed E-state index contributed by atoms with van der Waals surface area (Å²) in [6.45, 7) is 0. The number of rotatable bonds is 3. The van der Waals surface area contributed by atoms with Gasteiger partial charge in [-0.15, -0.1) is 0 Å². The van der Waals surface area contributed by atoms with Gasteiger partial charge in [-0.2, -0.15) is 5.10 Å². The van der Waals surface area contributed by atoms with E-state index in [-0.39, 0.29) is 5.91 Å². The van der Waals surface area contributed by atoms with Gasteiger partial charge in [-0.1, -0.05) is 42.5 Å². The van der Waals surface area contributed by atoms with Crippen LogP contribution >= 0.6 is 0 Å². The average molecular weight is 313 g/mol. The van der Waals surface area contributed by atoms with Crippen LogP contribution in [0.2, 0.25) is 0 Å². The molecule has 24 heavy (non-hydrogen) atoms. The fourth-order valence-corrected chi connectivity index (χ4v) is 2.65. The number of fused-ring (bicyclic) bond motifs is 1. The monoisotopic (exact) mass is 313 g/mol. The molecule has 4 rings (SSSR count). The number of pyridine rings is 1. The van der Waals surface area contributed by atoms with Crippen molar-refractivity contribution in [1.29, 1.82) is 0 Å². The number of nitrogens with one attached hydrogen (secondary N) is 1. The number of carbonyl (C=O) groups is 1. The molecule has 4 heteroatoms. The molecule has 0 aliphatic heterocycles. The number of hydrogen-bond donors (Lipinski definition) is 1. The van der Waals surface area contributed by atoms with Crippen molar-refractivity contribution in [3.05, 3.63) is 90.8 Å². The summed E-state index contributed by atoms with van der Waals surface area (Å²) < 4.78 is 1.75. The van der Waals surface area contributed by atoms with Crippen LogP contribution in [0.3, 0.4) is 0 Å². The first-order valence-electron chi connectivity index (χ1n) is 7.70. The molecule has 2 heterocycles. The van der Waals surface area contributed by atoms with Gasteiger partial charge in [-0.3, -0.25) is 4.79 Å². The second-order valence-electron chi connectivity index (χ2n) is 5.51. The van der Waals surface area contributed by atoms with Crippen molar-refractivity contribution in [1.82, 2.24) is 9.61 Å². The van der Waals surface area contributed by atoms with Crippen molar-refractivity contribution in [2.75, 3.05) is 5.32 Å². The fraction of sp³-hybridized carbons (Fsp3) is 0. The van der Waals surface area contributed by atoms with Gasteiger partial charge in [0.2, 0.25) is 0 Å². The first-order chi connectivity index (χ1) is 11.8. The van der Waals surface area contributed by atoms with Crippen LogP contribution in [-0.4, -0.2) is 15.5 Å². The molecule has 0 spiro atoms. The highest BCUT2D eigenvalue weighted by Crippen LogP contribution is 2.20. The van der Waals surface area contributed by atoms with Crippen molar-refractivity contribution in [2.24, 2.45) is 0 Å². The van der Waals surface area contributed by atoms with E-state index in [1.54, 1.807) is 10.7 Å². The quantitative estimate of drug-likeness (QED) is 0.614. The molecule has 0 aliphatic rings. The normalized spacial score (nSPS) is 10.7. The second-order valence-corrected chi connectivity index (χ2v) is 5.51. The Kier molecular flexibility index (Phi) is 3.56. The minimum atomic E-state index is -0.126. The van der Waals surface area contributed by atoms with Crippen LogP contribution in [0, 0.1) is 0 Å². The Morgan fingerprint density at radius 3 is 2.42 bits per heavy atom. The molecule has 0 saturated carbocycles. The number of aromatic nitrogens is 2. The summed E-state index contributed by atoms with van der Waals surface area (Å²) in [7, 11) is 0. The Balaban J connectivity index is 1.53. The molecule has 4 nitrogen and oxygen atoms in total. The Morgan fingerprint density at radius 1 is 0.875 bits per heavy atom. The van der Waals surface area contributed by atoms with Crippen LogP contribution in [0.15, 0.2) is 85.2 Å². The zero-order valence-corrected chi connectivity index (χ0v) is 12.9. The van der Waals surface area contributed by atoms with Crippen LogP contribution in [0.4, 0.5) is 5.69 Å². The number of nitrogens with zero attached hydrogens (tertiary/aromatic N) is 2. The smallest absolute Gasteiger partial charge is 0.255 e. The van der Waals surface area contributed by atoms with Crippen LogP contribution in [-0.2, 0) is 0 Å². The summed E-state index contributed by atoms with van der Waals surface area (Å²) in [5.41, 5.74) is 4.54. The van der Waals surface area contributed by atoms with Crippen molar-refractivity contribution < 1.29 is 4.79 Å². The maximum absolute atomic E-state index is 12.4. The zero-order valence-electron chi connectivity index (χ0n) is 12.9. The van der Waals surface area contributed by atoms with Gasteiger partial charge in [0.15, 0.2) is 0 Å². The Labute approximate surface area is 139 Å². The van der Waals surface area contributed by atoms with Gasteiger partial charge in [-0.05, 0) is 41.5 Å². The molecule has 1 amide bonds. The topological polar surface area (TPSA) is 46.4 Å². The maximum atomic E-state index is 12.4. The van der Waals surface area contributed by atoms with E-state index in [4.69, 9.17) is 0 Å². The van der Waals surface area contributed by atoms with E-state index < -0.39 is 0 Å². The van der Waals surface area contributed by atoms with Crippen molar-refractivity contribution in [2.45, 2.75) is 0 Å². The summed E-state index contributed by atoms with van der Waals surface area (Å²) in [5, 5.41) is 7.06. The molecule has 0 bridgehead atoms. The van der Waals surface area contributed by atoms with E-state index >= 15 is 0 Å². The first kappa shape index (κ1) is 14.2. The summed E-state index contributed by atoms with van der Waals surface area (Å²) in [5.74, 6) is -0.126. The number of carbonyl (C=O) groups excluding carboxylic acids is 1. The molecule has 0 unspecified atom stereocenters. The van der Waals surface area contributed by atoms with E-state index in [1.807, 2.05) is 66.9 Å². The Bertz CT molecular complexity index is 988. The lowest BCUT2D eigenvalue weighted by Gasteiger charge is -2.07. The maximum Gasteiger partial charge on any atom is 0.255 e. The number of amides is 1. The zero-order chi connectivity index (χ0) is 16.4. The van der Waals surface area contributed by atoms with E-state index in [1.165, 1.54) is 0 Å². The molecular weight excluding hydrogens is 298 g/mol. The van der Waals surface area contributed by atoms with Gasteiger partial charge < -0.3 is 5.32 Å². The highest BCUT2D eigenvalue weighted by atomic mass is 16.1. The number of anilines is 1. The van der Waals surface area contributed by atoms with Crippen molar-refractivity contribution in [3.63, 3.8) is 0 Å². The van der Waals surface area contributed by atoms with E-state index in [9.17, 15) is 4.79 Å². The molecule has 0 radical (unpaired) electrons. The third kappa shape index (κ3) is 2.77. The van der Waals surface area contributed by atoms with Gasteiger partial charge in [0.05, 0.1) is 5.52 Å². The second kappa shape index (κ2) is 6.01. The lowest BCUT2D eigenvalue weighted by molar-refractivity contribution is 0.102. The average Bonchev–Trinajstić information content (AvgIpc) is 3.10. The van der Waals surface area contributed by atoms with Gasteiger partial charge >= 0.3 is 0 Å². The van der Waals surface area contributed by atoms with E-state index in [0.717, 1.165) is 22.3 Å². The summed E-state index contributed by atoms with van der Waals surface area (Å²) in [4.78, 5) is 12.4. The standard InChI is InChI=1S/C20H15N3O/c24-20(22-18-11-13-23-19(14-18)10-12-21-23)17-8-6-16(7-9-17)15-4-2-1-3-5-15/h1-14H,(H,22,24). The highest BCUT2D eigenvalue weighted by molar-refractivity contribution is 6.04. The molecule has 1 N–H and O–H groups in total. The van der Waals surface area contributed by atoms with Crippen LogP contribution < -0.4 is 5.32 Å². The molecule has 116 valence electrons. The fourth-order valence-electron chi connectivity index (χ4n) is 2.65. The van der Waals surface area contributed by atoms with Crippen LogP contribution in [0.1, 0.15) is 10.4 Å². The Hall–Kier alpha value is -3.40. The van der Waals surface area contributed by atoms with E-state index in [2.05, 4.69) is 22.5 Å². The first-order valence-corrected chi connectivity index (χ1v) is 7.70. The predicted octanol–water partition coefficient (Wildman–Crippen LogP) is 4.25. The Morgan fingerprint density at radius 2 is 1.62 bits per heavy atom. The van der Waals surface area contributed by atoms with Crippen LogP contribution in [0.5, 0.6) is 0 Å². The summed E-state index contributed by atoms with van der Waals surface area (Å²) >= 11 is 0. The molecule has 2 aromatic carbocycles.